The molecule has 0 bridgehead atoms. The smallest absolute Gasteiger partial charge is 0.251 e. The Morgan fingerprint density at radius 2 is 2.00 bits per heavy atom. The van der Waals surface area contributed by atoms with Crippen molar-refractivity contribution in [1.82, 2.24) is 0 Å². The van der Waals surface area contributed by atoms with Crippen LogP contribution < -0.4 is 0 Å². The van der Waals surface area contributed by atoms with Crippen LogP contribution in [0.25, 0.3) is 0 Å². The van der Waals surface area contributed by atoms with Gasteiger partial charge in [-0.3, -0.25) is 0 Å². The van der Waals surface area contributed by atoms with Crippen molar-refractivity contribution >= 4 is 0 Å². The van der Waals surface area contributed by atoms with Gasteiger partial charge in [-0.2, -0.15) is 0 Å². The van der Waals surface area contributed by atoms with E-state index in [4.69, 9.17) is 0 Å². The normalized spacial score (nSPS) is 24.3. The number of benzene rings is 1. The van der Waals surface area contributed by atoms with Gasteiger partial charge in [-0.1, -0.05) is 18.2 Å². The molecule has 2 rings (SSSR count). The molecule has 1 saturated carbocycles. The molecule has 1 nitrogen and oxygen atoms in total. The first-order valence-electron chi connectivity index (χ1n) is 4.24. The highest BCUT2D eigenvalue weighted by Crippen LogP contribution is 2.50. The molecule has 1 atom stereocenters. The van der Waals surface area contributed by atoms with Crippen molar-refractivity contribution < 1.29 is 13.9 Å². The van der Waals surface area contributed by atoms with Gasteiger partial charge in [0.2, 0.25) is 0 Å². The van der Waals surface area contributed by atoms with Crippen LogP contribution in [0.2, 0.25) is 0 Å². The van der Waals surface area contributed by atoms with Crippen LogP contribution in [-0.2, 0) is 6.42 Å². The van der Waals surface area contributed by atoms with E-state index in [1.165, 1.54) is 6.07 Å². The quantitative estimate of drug-likeness (QED) is 0.749. The van der Waals surface area contributed by atoms with Gasteiger partial charge >= 0.3 is 0 Å². The number of para-hydroxylation sites is 1. The van der Waals surface area contributed by atoms with Gasteiger partial charge in [0.25, 0.3) is 5.92 Å². The molecule has 1 aromatic rings. The molecule has 1 N–H and O–H groups in total. The lowest BCUT2D eigenvalue weighted by molar-refractivity contribution is 0.0988. The fourth-order valence-corrected chi connectivity index (χ4v) is 1.44. The van der Waals surface area contributed by atoms with Crippen LogP contribution in [-0.4, -0.2) is 11.0 Å². The lowest BCUT2D eigenvalue weighted by atomic mass is 10.1. The lowest BCUT2D eigenvalue weighted by Crippen LogP contribution is -1.97. The highest BCUT2D eigenvalue weighted by Gasteiger charge is 2.56. The van der Waals surface area contributed by atoms with Crippen molar-refractivity contribution in [2.75, 3.05) is 0 Å². The standard InChI is InChI=1S/C10H10F2O/c11-10(12)6-8(10)5-7-3-1-2-4-9(7)13/h1-4,8,13H,5-6H2. The summed E-state index contributed by atoms with van der Waals surface area (Å²) in [7, 11) is 0. The fraction of sp³-hybridized carbons (Fsp3) is 0.400. The molecular weight excluding hydrogens is 174 g/mol. The maximum Gasteiger partial charge on any atom is 0.251 e. The average Bonchev–Trinajstić information content (AvgIpc) is 2.64. The SMILES string of the molecule is Oc1ccccc1CC1CC1(F)F. The van der Waals surface area contributed by atoms with E-state index in [9.17, 15) is 13.9 Å². The van der Waals surface area contributed by atoms with Gasteiger partial charge in [0.05, 0.1) is 0 Å². The molecule has 70 valence electrons. The lowest BCUT2D eigenvalue weighted by Gasteiger charge is -2.02. The maximum atomic E-state index is 12.5. The van der Waals surface area contributed by atoms with Crippen molar-refractivity contribution in [3.8, 4) is 5.75 Å². The predicted molar refractivity (Wildman–Crippen MR) is 44.9 cm³/mol. The van der Waals surface area contributed by atoms with E-state index in [-0.39, 0.29) is 18.6 Å². The Labute approximate surface area is 75.0 Å². The van der Waals surface area contributed by atoms with Crippen LogP contribution >= 0.6 is 0 Å². The molecular formula is C10H10F2O. The number of hydrogen-bond acceptors (Lipinski definition) is 1. The minimum absolute atomic E-state index is 0.0403. The minimum Gasteiger partial charge on any atom is -0.508 e. The first-order chi connectivity index (χ1) is 6.09. The van der Waals surface area contributed by atoms with E-state index >= 15 is 0 Å². The van der Waals surface area contributed by atoms with Crippen LogP contribution in [0.3, 0.4) is 0 Å². The second-order valence-corrected chi connectivity index (χ2v) is 3.49. The van der Waals surface area contributed by atoms with Gasteiger partial charge in [-0.25, -0.2) is 8.78 Å². The zero-order valence-corrected chi connectivity index (χ0v) is 7.00. The third kappa shape index (κ3) is 1.64. The van der Waals surface area contributed by atoms with Crippen molar-refractivity contribution in [3.05, 3.63) is 29.8 Å². The summed E-state index contributed by atoms with van der Waals surface area (Å²) < 4.78 is 25.1. The summed E-state index contributed by atoms with van der Waals surface area (Å²) in [5.74, 6) is -2.95. The molecule has 1 fully saturated rings. The number of rotatable bonds is 2. The topological polar surface area (TPSA) is 20.2 Å². The van der Waals surface area contributed by atoms with E-state index < -0.39 is 11.8 Å². The number of halogens is 2. The van der Waals surface area contributed by atoms with Gasteiger partial charge in [0.15, 0.2) is 0 Å². The highest BCUT2D eigenvalue weighted by atomic mass is 19.3. The number of aromatic hydroxyl groups is 1. The molecule has 0 saturated heterocycles. The van der Waals surface area contributed by atoms with E-state index in [0.29, 0.717) is 5.56 Å². The van der Waals surface area contributed by atoms with Crippen molar-refractivity contribution in [2.24, 2.45) is 5.92 Å². The predicted octanol–water partition coefficient (Wildman–Crippen LogP) is 2.59. The summed E-state index contributed by atoms with van der Waals surface area (Å²) in [6, 6.07) is 6.64. The van der Waals surface area contributed by atoms with Crippen molar-refractivity contribution in [1.29, 1.82) is 0 Å². The second kappa shape index (κ2) is 2.69. The molecule has 1 aromatic carbocycles. The Hall–Kier alpha value is -1.12. The van der Waals surface area contributed by atoms with Crippen LogP contribution in [0, 0.1) is 5.92 Å². The third-order valence-corrected chi connectivity index (χ3v) is 2.41. The van der Waals surface area contributed by atoms with E-state index in [1.54, 1.807) is 18.2 Å². The molecule has 0 spiro atoms. The van der Waals surface area contributed by atoms with E-state index in [1.807, 2.05) is 0 Å². The summed E-state index contributed by atoms with van der Waals surface area (Å²) in [5.41, 5.74) is 0.615. The summed E-state index contributed by atoms with van der Waals surface area (Å²) in [4.78, 5) is 0. The largest absolute Gasteiger partial charge is 0.508 e. The summed E-state index contributed by atoms with van der Waals surface area (Å²) in [6.45, 7) is 0. The Balaban J connectivity index is 2.07. The molecule has 13 heavy (non-hydrogen) atoms. The van der Waals surface area contributed by atoms with E-state index in [2.05, 4.69) is 0 Å². The molecule has 0 heterocycles. The Kier molecular flexibility index (Phi) is 1.75. The van der Waals surface area contributed by atoms with Gasteiger partial charge in [-0.15, -0.1) is 0 Å². The molecule has 1 aliphatic carbocycles. The van der Waals surface area contributed by atoms with E-state index in [0.717, 1.165) is 0 Å². The molecule has 1 unspecified atom stereocenters. The van der Waals surface area contributed by atoms with Gasteiger partial charge < -0.3 is 5.11 Å². The van der Waals surface area contributed by atoms with Crippen LogP contribution in [0.1, 0.15) is 12.0 Å². The average molecular weight is 184 g/mol. The van der Waals surface area contributed by atoms with Gasteiger partial charge in [-0.05, 0) is 18.1 Å². The monoisotopic (exact) mass is 184 g/mol. The molecule has 1 aliphatic rings. The summed E-state index contributed by atoms with van der Waals surface area (Å²) in [5, 5.41) is 9.31. The fourth-order valence-electron chi connectivity index (χ4n) is 1.44. The van der Waals surface area contributed by atoms with Crippen LogP contribution in [0.4, 0.5) is 8.78 Å². The summed E-state index contributed by atoms with van der Waals surface area (Å²) >= 11 is 0. The molecule has 0 aromatic heterocycles. The van der Waals surface area contributed by atoms with Crippen LogP contribution in [0.5, 0.6) is 5.75 Å². The van der Waals surface area contributed by atoms with Gasteiger partial charge in [0, 0.05) is 12.3 Å². The number of phenols is 1. The maximum absolute atomic E-state index is 12.5. The second-order valence-electron chi connectivity index (χ2n) is 3.49. The number of alkyl halides is 2. The first kappa shape index (κ1) is 8.48. The Morgan fingerprint density at radius 3 is 2.54 bits per heavy atom. The number of hydrogen-bond donors (Lipinski definition) is 1. The van der Waals surface area contributed by atoms with Crippen molar-refractivity contribution in [3.63, 3.8) is 0 Å². The third-order valence-electron chi connectivity index (χ3n) is 2.41. The Bertz CT molecular complexity index is 322. The van der Waals surface area contributed by atoms with Gasteiger partial charge in [0.1, 0.15) is 5.75 Å². The molecule has 0 aliphatic heterocycles. The number of phenolic OH excluding ortho intramolecular Hbond substituents is 1. The summed E-state index contributed by atoms with van der Waals surface area (Å²) in [6.07, 6.45) is 0.237. The minimum atomic E-state index is -2.50. The molecule has 0 amide bonds. The van der Waals surface area contributed by atoms with Crippen molar-refractivity contribution in [2.45, 2.75) is 18.8 Å². The zero-order chi connectivity index (χ0) is 9.47. The highest BCUT2D eigenvalue weighted by molar-refractivity contribution is 5.33. The Morgan fingerprint density at radius 1 is 1.38 bits per heavy atom. The molecule has 3 heteroatoms. The first-order valence-corrected chi connectivity index (χ1v) is 4.24. The zero-order valence-electron chi connectivity index (χ0n) is 7.00. The molecule has 0 radical (unpaired) electrons. The van der Waals surface area contributed by atoms with Crippen LogP contribution in [0.15, 0.2) is 24.3 Å².